The number of rotatable bonds is 8. The summed E-state index contributed by atoms with van der Waals surface area (Å²) in [5.41, 5.74) is 0.835. The van der Waals surface area contributed by atoms with E-state index < -0.39 is 5.97 Å². The molecule has 139 valence electrons. The van der Waals surface area contributed by atoms with Crippen LogP contribution in [-0.4, -0.2) is 18.5 Å². The third-order valence-electron chi connectivity index (χ3n) is 4.58. The first-order valence-electron chi connectivity index (χ1n) is 9.19. The molecule has 1 aliphatic carbocycles. The van der Waals surface area contributed by atoms with Crippen LogP contribution < -0.4 is 4.74 Å². The molecule has 0 bridgehead atoms. The van der Waals surface area contributed by atoms with Crippen LogP contribution in [0.1, 0.15) is 44.1 Å². The molecule has 1 aromatic carbocycles. The van der Waals surface area contributed by atoms with Gasteiger partial charge in [0.1, 0.15) is 5.75 Å². The van der Waals surface area contributed by atoms with Gasteiger partial charge in [-0.05, 0) is 75.1 Å². The van der Waals surface area contributed by atoms with Gasteiger partial charge in [-0.15, -0.1) is 6.58 Å². The van der Waals surface area contributed by atoms with Gasteiger partial charge in [0.15, 0.2) is 0 Å². The fraction of sp³-hybridized carbons (Fsp3) is 0.409. The summed E-state index contributed by atoms with van der Waals surface area (Å²) >= 11 is 0. The van der Waals surface area contributed by atoms with Gasteiger partial charge in [-0.25, -0.2) is 4.79 Å². The van der Waals surface area contributed by atoms with Crippen LogP contribution in [0.5, 0.6) is 5.75 Å². The van der Waals surface area contributed by atoms with Gasteiger partial charge in [-0.3, -0.25) is 4.79 Å². The van der Waals surface area contributed by atoms with Crippen molar-refractivity contribution in [2.24, 2.45) is 11.8 Å². The molecule has 1 aromatic rings. The predicted octanol–water partition coefficient (Wildman–Crippen LogP) is 4.76. The van der Waals surface area contributed by atoms with E-state index in [0.29, 0.717) is 24.7 Å². The van der Waals surface area contributed by atoms with Gasteiger partial charge >= 0.3 is 11.9 Å². The molecule has 0 N–H and O–H groups in total. The average molecular weight is 355 g/mol. The number of benzene rings is 1. The summed E-state index contributed by atoms with van der Waals surface area (Å²) in [5, 5.41) is 0. The Balaban J connectivity index is 1.81. The first kappa shape index (κ1) is 20.0. The molecule has 0 spiro atoms. The van der Waals surface area contributed by atoms with Gasteiger partial charge in [0.05, 0.1) is 12.5 Å². The number of hydrogen-bond acceptors (Lipinski definition) is 4. The first-order chi connectivity index (χ1) is 12.6. The molecule has 4 heteroatoms. The van der Waals surface area contributed by atoms with Crippen LogP contribution >= 0.6 is 0 Å². The second kappa shape index (κ2) is 10.6. The summed E-state index contributed by atoms with van der Waals surface area (Å²) in [6.45, 7) is 7.70. The van der Waals surface area contributed by atoms with Gasteiger partial charge in [0, 0.05) is 6.08 Å². The van der Waals surface area contributed by atoms with Crippen LogP contribution in [0.4, 0.5) is 0 Å². The third-order valence-corrected chi connectivity index (χ3v) is 4.58. The molecule has 0 amide bonds. The van der Waals surface area contributed by atoms with Crippen molar-refractivity contribution >= 4 is 18.0 Å². The number of allylic oxidation sites excluding steroid dienone is 1. The summed E-state index contributed by atoms with van der Waals surface area (Å²) in [5.74, 6) is 0.625. The van der Waals surface area contributed by atoms with Gasteiger partial charge in [-0.1, -0.05) is 18.2 Å². The molecule has 0 aromatic heterocycles. The summed E-state index contributed by atoms with van der Waals surface area (Å²) < 4.78 is 10.4. The van der Waals surface area contributed by atoms with Crippen LogP contribution in [0, 0.1) is 18.8 Å². The molecule has 4 nitrogen and oxygen atoms in total. The van der Waals surface area contributed by atoms with Crippen LogP contribution in [0.25, 0.3) is 6.08 Å². The van der Waals surface area contributed by atoms with E-state index in [1.807, 2.05) is 6.08 Å². The van der Waals surface area contributed by atoms with Crippen molar-refractivity contribution in [1.29, 1.82) is 0 Å². The van der Waals surface area contributed by atoms with E-state index in [4.69, 9.17) is 9.47 Å². The number of ether oxygens (including phenoxy) is 2. The quantitative estimate of drug-likeness (QED) is 0.292. The highest BCUT2D eigenvalue weighted by Crippen LogP contribution is 2.32. The molecule has 0 heterocycles. The lowest BCUT2D eigenvalue weighted by Crippen LogP contribution is -2.25. The minimum Gasteiger partial charge on any atom is -0.463 e. The van der Waals surface area contributed by atoms with Crippen LogP contribution in [0.15, 0.2) is 43.0 Å². The lowest BCUT2D eigenvalue weighted by molar-refractivity contribution is -0.140. The molecule has 0 saturated heterocycles. The Bertz CT molecular complexity index is 622. The Morgan fingerprint density at radius 3 is 2.42 bits per heavy atom. The van der Waals surface area contributed by atoms with E-state index in [-0.39, 0.29) is 11.9 Å². The lowest BCUT2D eigenvalue weighted by atomic mass is 9.80. The maximum Gasteiger partial charge on any atom is 0.330 e. The van der Waals surface area contributed by atoms with Gasteiger partial charge in [-0.2, -0.15) is 0 Å². The Kier molecular flexibility index (Phi) is 8.13. The van der Waals surface area contributed by atoms with Crippen LogP contribution in [0.2, 0.25) is 0 Å². The molecule has 0 aliphatic heterocycles. The van der Waals surface area contributed by atoms with E-state index >= 15 is 0 Å². The van der Waals surface area contributed by atoms with Crippen molar-refractivity contribution in [1.82, 2.24) is 0 Å². The van der Waals surface area contributed by atoms with E-state index in [2.05, 4.69) is 13.5 Å². The van der Waals surface area contributed by atoms with Crippen LogP contribution in [-0.2, 0) is 14.3 Å². The van der Waals surface area contributed by atoms with Gasteiger partial charge in [0.2, 0.25) is 0 Å². The number of carbonyl (C=O) groups is 2. The van der Waals surface area contributed by atoms with Crippen molar-refractivity contribution in [2.75, 3.05) is 6.61 Å². The molecule has 1 radical (unpaired) electrons. The monoisotopic (exact) mass is 355 g/mol. The van der Waals surface area contributed by atoms with E-state index in [1.165, 1.54) is 6.08 Å². The van der Waals surface area contributed by atoms with Crippen LogP contribution in [0.3, 0.4) is 0 Å². The largest absolute Gasteiger partial charge is 0.463 e. The highest BCUT2D eigenvalue weighted by Gasteiger charge is 2.27. The Hall–Kier alpha value is -2.36. The molecule has 1 saturated carbocycles. The van der Waals surface area contributed by atoms with Crippen molar-refractivity contribution in [3.63, 3.8) is 0 Å². The second-order valence-electron chi connectivity index (χ2n) is 6.59. The zero-order valence-corrected chi connectivity index (χ0v) is 15.2. The number of hydrogen-bond donors (Lipinski definition) is 0. The molecule has 1 aliphatic rings. The predicted molar refractivity (Wildman–Crippen MR) is 102 cm³/mol. The lowest BCUT2D eigenvalue weighted by Gasteiger charge is -2.26. The second-order valence-corrected chi connectivity index (χ2v) is 6.59. The highest BCUT2D eigenvalue weighted by molar-refractivity contribution is 5.87. The normalized spacial score (nSPS) is 19.9. The van der Waals surface area contributed by atoms with Crippen molar-refractivity contribution in [2.45, 2.75) is 38.5 Å². The topological polar surface area (TPSA) is 52.6 Å². The smallest absolute Gasteiger partial charge is 0.330 e. The fourth-order valence-corrected chi connectivity index (χ4v) is 3.10. The zero-order valence-electron chi connectivity index (χ0n) is 15.2. The van der Waals surface area contributed by atoms with Gasteiger partial charge in [0.25, 0.3) is 0 Å². The molecule has 26 heavy (non-hydrogen) atoms. The maximum atomic E-state index is 12.3. The average Bonchev–Trinajstić information content (AvgIpc) is 2.66. The highest BCUT2D eigenvalue weighted by atomic mass is 16.5. The fourth-order valence-electron chi connectivity index (χ4n) is 3.10. The number of carbonyl (C=O) groups excluding carboxylic acids is 2. The Morgan fingerprint density at radius 1 is 1.12 bits per heavy atom. The van der Waals surface area contributed by atoms with E-state index in [9.17, 15) is 9.59 Å². The third kappa shape index (κ3) is 6.51. The number of esters is 2. The summed E-state index contributed by atoms with van der Waals surface area (Å²) in [6, 6.07) is 7.08. The molecule has 1 fully saturated rings. The Labute approximate surface area is 155 Å². The van der Waals surface area contributed by atoms with Crippen molar-refractivity contribution < 1.29 is 19.1 Å². The van der Waals surface area contributed by atoms with E-state index in [1.54, 1.807) is 30.3 Å². The molecule has 0 atom stereocenters. The molecule has 0 unspecified atom stereocenters. The summed E-state index contributed by atoms with van der Waals surface area (Å²) in [7, 11) is 0. The molecule has 2 rings (SSSR count). The van der Waals surface area contributed by atoms with E-state index in [0.717, 1.165) is 37.7 Å². The van der Waals surface area contributed by atoms with Crippen molar-refractivity contribution in [3.8, 4) is 5.75 Å². The zero-order chi connectivity index (χ0) is 18.8. The van der Waals surface area contributed by atoms with Gasteiger partial charge < -0.3 is 9.47 Å². The maximum absolute atomic E-state index is 12.3. The van der Waals surface area contributed by atoms with Crippen molar-refractivity contribution in [3.05, 3.63) is 55.5 Å². The summed E-state index contributed by atoms with van der Waals surface area (Å²) in [6.07, 6.45) is 10.5. The standard InChI is InChI=1S/C22H27O4/c1-3-5-17-6-11-19(12-7-17)22(24)26-20-13-8-18(9-14-20)10-15-21(23)25-16-4-2/h3,8-10,13-15,17,19H,1-2,4-7,11-12,16H2/b15-10+. The Morgan fingerprint density at radius 2 is 1.81 bits per heavy atom. The minimum atomic E-state index is -0.392. The first-order valence-corrected chi connectivity index (χ1v) is 9.19. The molecular formula is C22H27O4. The minimum absolute atomic E-state index is 0.0153. The SMILES string of the molecule is [CH2]CCOC(=O)/C=C/c1ccc(OC(=O)C2CCC(CC=C)CC2)cc1. The molecular weight excluding hydrogens is 328 g/mol. The summed E-state index contributed by atoms with van der Waals surface area (Å²) in [4.78, 5) is 23.7.